The summed E-state index contributed by atoms with van der Waals surface area (Å²) in [6.45, 7) is 1.30. The van der Waals surface area contributed by atoms with Gasteiger partial charge >= 0.3 is 0 Å². The summed E-state index contributed by atoms with van der Waals surface area (Å²) in [4.78, 5) is 18.3. The third kappa shape index (κ3) is 2.68. The highest BCUT2D eigenvalue weighted by Crippen LogP contribution is 2.34. The van der Waals surface area contributed by atoms with E-state index in [1.54, 1.807) is 19.6 Å². The molecule has 25 heavy (non-hydrogen) atoms. The fraction of sp³-hybridized carbons (Fsp3) is 0.222. The normalized spacial score (nSPS) is 16.2. The molecule has 1 aliphatic heterocycles. The van der Waals surface area contributed by atoms with Crippen molar-refractivity contribution in [1.82, 2.24) is 19.9 Å². The Bertz CT molecular complexity index is 927. The molecule has 124 valence electrons. The topological polar surface area (TPSA) is 90.7 Å². The van der Waals surface area contributed by atoms with Gasteiger partial charge in [0.25, 0.3) is 0 Å². The second kappa shape index (κ2) is 6.24. The third-order valence-corrected chi connectivity index (χ3v) is 4.44. The van der Waals surface area contributed by atoms with Crippen LogP contribution in [0.3, 0.4) is 0 Å². The van der Waals surface area contributed by atoms with Crippen LogP contribution in [0, 0.1) is 11.3 Å². The van der Waals surface area contributed by atoms with Crippen LogP contribution in [0.2, 0.25) is 0 Å². The molecule has 0 spiro atoms. The molecule has 0 saturated heterocycles. The zero-order valence-corrected chi connectivity index (χ0v) is 13.7. The molecule has 0 aliphatic carbocycles. The molecule has 0 amide bonds. The number of imidazole rings is 1. The van der Waals surface area contributed by atoms with Gasteiger partial charge in [-0.3, -0.25) is 0 Å². The number of ether oxygens (including phenoxy) is 1. The molecule has 0 saturated carbocycles. The van der Waals surface area contributed by atoms with Gasteiger partial charge in [0, 0.05) is 24.9 Å². The summed E-state index contributed by atoms with van der Waals surface area (Å²) < 4.78 is 5.25. The van der Waals surface area contributed by atoms with E-state index >= 15 is 0 Å². The molecule has 3 heterocycles. The average molecular weight is 332 g/mol. The lowest BCUT2D eigenvalue weighted by Crippen LogP contribution is -2.35. The molecule has 4 rings (SSSR count). The zero-order valence-electron chi connectivity index (χ0n) is 13.7. The van der Waals surface area contributed by atoms with Crippen molar-refractivity contribution < 1.29 is 4.74 Å². The molecular weight excluding hydrogens is 316 g/mol. The SMILES string of the molecule is COc1ccc(C2CN(c3nccnc3C#N)Cc3[nH]cnc32)cc1. The number of H-pyrrole nitrogens is 1. The van der Waals surface area contributed by atoms with Gasteiger partial charge in [0.2, 0.25) is 0 Å². The van der Waals surface area contributed by atoms with E-state index in [-0.39, 0.29) is 5.92 Å². The average Bonchev–Trinajstić information content (AvgIpc) is 3.16. The summed E-state index contributed by atoms with van der Waals surface area (Å²) in [6, 6.07) is 10.1. The Morgan fingerprint density at radius 1 is 1.20 bits per heavy atom. The van der Waals surface area contributed by atoms with Gasteiger partial charge in [-0.15, -0.1) is 0 Å². The summed E-state index contributed by atoms with van der Waals surface area (Å²) in [5.74, 6) is 1.50. The number of aromatic amines is 1. The van der Waals surface area contributed by atoms with Gasteiger partial charge < -0.3 is 14.6 Å². The standard InChI is InChI=1S/C18H16N6O/c1-25-13-4-2-12(3-5-13)14-9-24(10-16-17(14)23-11-22-16)18-15(8-19)20-6-7-21-18/h2-7,11,14H,9-10H2,1H3,(H,22,23). The lowest BCUT2D eigenvalue weighted by molar-refractivity contribution is 0.414. The van der Waals surface area contributed by atoms with Crippen molar-refractivity contribution in [3.63, 3.8) is 0 Å². The van der Waals surface area contributed by atoms with Crippen LogP contribution >= 0.6 is 0 Å². The highest BCUT2D eigenvalue weighted by atomic mass is 16.5. The molecule has 1 aliphatic rings. The van der Waals surface area contributed by atoms with Gasteiger partial charge in [-0.2, -0.15) is 5.26 Å². The molecule has 3 aromatic rings. The monoisotopic (exact) mass is 332 g/mol. The van der Waals surface area contributed by atoms with Crippen molar-refractivity contribution in [2.75, 3.05) is 18.6 Å². The summed E-state index contributed by atoms with van der Waals surface area (Å²) in [5.41, 5.74) is 3.53. The maximum Gasteiger partial charge on any atom is 0.183 e. The number of fused-ring (bicyclic) bond motifs is 1. The minimum Gasteiger partial charge on any atom is -0.497 e. The Balaban J connectivity index is 1.74. The van der Waals surface area contributed by atoms with E-state index in [1.807, 2.05) is 24.3 Å². The van der Waals surface area contributed by atoms with Crippen molar-refractivity contribution in [3.05, 3.63) is 65.6 Å². The first kappa shape index (κ1) is 15.1. The second-order valence-corrected chi connectivity index (χ2v) is 5.81. The molecular formula is C18H16N6O. The van der Waals surface area contributed by atoms with Crippen LogP contribution in [-0.2, 0) is 6.54 Å². The van der Waals surface area contributed by atoms with Crippen LogP contribution in [0.4, 0.5) is 5.82 Å². The Hall–Kier alpha value is -3.40. The van der Waals surface area contributed by atoms with Crippen molar-refractivity contribution in [2.45, 2.75) is 12.5 Å². The van der Waals surface area contributed by atoms with E-state index in [9.17, 15) is 5.26 Å². The number of anilines is 1. The van der Waals surface area contributed by atoms with Gasteiger partial charge in [0.05, 0.1) is 31.4 Å². The smallest absolute Gasteiger partial charge is 0.183 e. The summed E-state index contributed by atoms with van der Waals surface area (Å²) >= 11 is 0. The van der Waals surface area contributed by atoms with Crippen molar-refractivity contribution in [2.24, 2.45) is 0 Å². The van der Waals surface area contributed by atoms with E-state index < -0.39 is 0 Å². The van der Waals surface area contributed by atoms with Gasteiger partial charge in [-0.25, -0.2) is 15.0 Å². The lowest BCUT2D eigenvalue weighted by Gasteiger charge is -2.33. The minimum atomic E-state index is 0.0782. The van der Waals surface area contributed by atoms with Crippen LogP contribution in [0.5, 0.6) is 5.75 Å². The number of benzene rings is 1. The number of nitriles is 1. The number of nitrogens with zero attached hydrogens (tertiary/aromatic N) is 5. The van der Waals surface area contributed by atoms with E-state index in [2.05, 4.69) is 30.9 Å². The summed E-state index contributed by atoms with van der Waals surface area (Å²) in [7, 11) is 1.65. The summed E-state index contributed by atoms with van der Waals surface area (Å²) in [5, 5.41) is 9.33. The molecule has 1 aromatic carbocycles. The van der Waals surface area contributed by atoms with E-state index in [0.717, 1.165) is 22.7 Å². The first-order chi connectivity index (χ1) is 12.3. The van der Waals surface area contributed by atoms with Crippen LogP contribution in [0.15, 0.2) is 43.0 Å². The van der Waals surface area contributed by atoms with Crippen LogP contribution < -0.4 is 9.64 Å². The number of hydrogen-bond donors (Lipinski definition) is 1. The first-order valence-corrected chi connectivity index (χ1v) is 7.92. The Labute approximate surface area is 144 Å². The van der Waals surface area contributed by atoms with Crippen LogP contribution in [0.1, 0.15) is 28.6 Å². The quantitative estimate of drug-likeness (QED) is 0.791. The molecule has 7 nitrogen and oxygen atoms in total. The molecule has 1 atom stereocenters. The first-order valence-electron chi connectivity index (χ1n) is 7.92. The molecule has 0 bridgehead atoms. The predicted molar refractivity (Wildman–Crippen MR) is 91.2 cm³/mol. The highest BCUT2D eigenvalue weighted by Gasteiger charge is 2.30. The fourth-order valence-electron chi connectivity index (χ4n) is 3.22. The van der Waals surface area contributed by atoms with Gasteiger partial charge in [-0.05, 0) is 17.7 Å². The van der Waals surface area contributed by atoms with E-state index in [4.69, 9.17) is 4.74 Å². The van der Waals surface area contributed by atoms with Gasteiger partial charge in [-0.1, -0.05) is 12.1 Å². The molecule has 0 radical (unpaired) electrons. The zero-order chi connectivity index (χ0) is 17.2. The molecule has 1 N–H and O–H groups in total. The van der Waals surface area contributed by atoms with E-state index in [1.165, 1.54) is 6.20 Å². The number of rotatable bonds is 3. The number of hydrogen-bond acceptors (Lipinski definition) is 6. The predicted octanol–water partition coefficient (Wildman–Crippen LogP) is 2.23. The second-order valence-electron chi connectivity index (χ2n) is 5.81. The Morgan fingerprint density at radius 3 is 2.76 bits per heavy atom. The third-order valence-electron chi connectivity index (χ3n) is 4.44. The van der Waals surface area contributed by atoms with Crippen molar-refractivity contribution in [3.8, 4) is 11.8 Å². The number of methoxy groups -OCH3 is 1. The van der Waals surface area contributed by atoms with E-state index in [0.29, 0.717) is 24.6 Å². The largest absolute Gasteiger partial charge is 0.497 e. The van der Waals surface area contributed by atoms with Crippen LogP contribution in [-0.4, -0.2) is 33.6 Å². The molecule has 2 aromatic heterocycles. The maximum absolute atomic E-state index is 9.33. The lowest BCUT2D eigenvalue weighted by atomic mass is 9.91. The van der Waals surface area contributed by atoms with Crippen LogP contribution in [0.25, 0.3) is 0 Å². The Kier molecular flexibility index (Phi) is 3.78. The highest BCUT2D eigenvalue weighted by molar-refractivity contribution is 5.53. The molecule has 7 heteroatoms. The maximum atomic E-state index is 9.33. The van der Waals surface area contributed by atoms with Gasteiger partial charge in [0.1, 0.15) is 11.8 Å². The molecule has 1 unspecified atom stereocenters. The van der Waals surface area contributed by atoms with Gasteiger partial charge in [0.15, 0.2) is 11.5 Å². The van der Waals surface area contributed by atoms with Crippen molar-refractivity contribution >= 4 is 5.82 Å². The number of nitrogens with one attached hydrogen (secondary N) is 1. The molecule has 0 fully saturated rings. The number of aromatic nitrogens is 4. The Morgan fingerprint density at radius 2 is 2.00 bits per heavy atom. The van der Waals surface area contributed by atoms with Crippen molar-refractivity contribution in [1.29, 1.82) is 5.26 Å². The minimum absolute atomic E-state index is 0.0782. The summed E-state index contributed by atoms with van der Waals surface area (Å²) in [6.07, 6.45) is 4.86. The fourth-order valence-corrected chi connectivity index (χ4v) is 3.22.